The molecule has 0 spiro atoms. The molecule has 0 aliphatic carbocycles. The maximum absolute atomic E-state index is 13.0. The summed E-state index contributed by atoms with van der Waals surface area (Å²) in [5, 5.41) is 4.02. The van der Waals surface area contributed by atoms with Crippen LogP contribution in [0.4, 0.5) is 0 Å². The van der Waals surface area contributed by atoms with E-state index in [2.05, 4.69) is 10.1 Å². The number of piperidine rings is 1. The zero-order chi connectivity index (χ0) is 15.7. The second-order valence-corrected chi connectivity index (χ2v) is 6.95. The Bertz CT molecular complexity index is 532. The summed E-state index contributed by atoms with van der Waals surface area (Å²) < 4.78 is 5.39. The smallest absolute Gasteiger partial charge is 0.259 e. The van der Waals surface area contributed by atoms with E-state index in [0.29, 0.717) is 11.6 Å². The summed E-state index contributed by atoms with van der Waals surface area (Å²) in [6, 6.07) is 0.530. The number of likely N-dealkylation sites (tertiary alicyclic amines) is 2. The highest BCUT2D eigenvalue weighted by molar-refractivity contribution is 5.96. The van der Waals surface area contributed by atoms with Gasteiger partial charge in [-0.25, -0.2) is 0 Å². The Morgan fingerprint density at radius 3 is 2.64 bits per heavy atom. The second kappa shape index (κ2) is 6.41. The van der Waals surface area contributed by atoms with Crippen LogP contribution in [-0.4, -0.2) is 53.1 Å². The van der Waals surface area contributed by atoms with E-state index in [1.54, 1.807) is 0 Å². The van der Waals surface area contributed by atoms with Crippen molar-refractivity contribution in [2.24, 2.45) is 0 Å². The molecule has 0 bridgehead atoms. The molecule has 2 aliphatic rings. The largest absolute Gasteiger partial charge is 0.360 e. The van der Waals surface area contributed by atoms with E-state index < -0.39 is 0 Å². The fourth-order valence-corrected chi connectivity index (χ4v) is 3.74. The lowest BCUT2D eigenvalue weighted by molar-refractivity contribution is 0.0604. The zero-order valence-electron chi connectivity index (χ0n) is 14.0. The van der Waals surface area contributed by atoms with Crippen molar-refractivity contribution in [2.45, 2.75) is 58.4 Å². The van der Waals surface area contributed by atoms with E-state index in [0.717, 1.165) is 31.0 Å². The van der Waals surface area contributed by atoms with Gasteiger partial charge in [0.1, 0.15) is 5.56 Å². The van der Waals surface area contributed by atoms with Crippen molar-refractivity contribution < 1.29 is 9.32 Å². The lowest BCUT2D eigenvalue weighted by Gasteiger charge is -2.37. The molecule has 2 aliphatic heterocycles. The SMILES string of the molecule is Cc1noc(C(C)C)c1C(=O)N1CCCC(N2CCCC2)C1. The van der Waals surface area contributed by atoms with Crippen molar-refractivity contribution in [1.29, 1.82) is 0 Å². The highest BCUT2D eigenvalue weighted by Crippen LogP contribution is 2.26. The number of aromatic nitrogens is 1. The first-order chi connectivity index (χ1) is 10.6. The average molecular weight is 305 g/mol. The van der Waals surface area contributed by atoms with E-state index >= 15 is 0 Å². The van der Waals surface area contributed by atoms with Gasteiger partial charge in [0.05, 0.1) is 5.69 Å². The number of rotatable bonds is 3. The molecule has 122 valence electrons. The minimum Gasteiger partial charge on any atom is -0.360 e. The summed E-state index contributed by atoms with van der Waals surface area (Å²) in [5.74, 6) is 1.01. The zero-order valence-corrected chi connectivity index (χ0v) is 14.0. The van der Waals surface area contributed by atoms with Crippen molar-refractivity contribution in [3.05, 3.63) is 17.0 Å². The molecule has 1 amide bonds. The van der Waals surface area contributed by atoms with Gasteiger partial charge in [-0.1, -0.05) is 19.0 Å². The summed E-state index contributed by atoms with van der Waals surface area (Å²) in [7, 11) is 0. The Morgan fingerprint density at radius 1 is 1.23 bits per heavy atom. The Hall–Kier alpha value is -1.36. The Morgan fingerprint density at radius 2 is 1.95 bits per heavy atom. The first-order valence-electron chi connectivity index (χ1n) is 8.57. The molecule has 3 rings (SSSR count). The molecular weight excluding hydrogens is 278 g/mol. The van der Waals surface area contributed by atoms with E-state index in [9.17, 15) is 4.79 Å². The van der Waals surface area contributed by atoms with Gasteiger partial charge < -0.3 is 9.42 Å². The molecule has 22 heavy (non-hydrogen) atoms. The van der Waals surface area contributed by atoms with Gasteiger partial charge in [-0.3, -0.25) is 9.69 Å². The predicted octanol–water partition coefficient (Wildman–Crippen LogP) is 2.81. The molecule has 5 heteroatoms. The molecule has 2 fully saturated rings. The van der Waals surface area contributed by atoms with E-state index in [4.69, 9.17) is 4.52 Å². The quantitative estimate of drug-likeness (QED) is 0.861. The molecule has 1 unspecified atom stereocenters. The van der Waals surface area contributed by atoms with Crippen LogP contribution in [0, 0.1) is 6.92 Å². The van der Waals surface area contributed by atoms with Gasteiger partial charge in [0.2, 0.25) is 0 Å². The van der Waals surface area contributed by atoms with Gasteiger partial charge >= 0.3 is 0 Å². The molecule has 1 aromatic rings. The molecule has 2 saturated heterocycles. The van der Waals surface area contributed by atoms with Crippen molar-refractivity contribution in [3.8, 4) is 0 Å². The topological polar surface area (TPSA) is 49.6 Å². The monoisotopic (exact) mass is 305 g/mol. The maximum Gasteiger partial charge on any atom is 0.259 e. The lowest BCUT2D eigenvalue weighted by Crippen LogP contribution is -2.49. The van der Waals surface area contributed by atoms with E-state index in [-0.39, 0.29) is 11.8 Å². The van der Waals surface area contributed by atoms with Crippen LogP contribution in [-0.2, 0) is 0 Å². The summed E-state index contributed by atoms with van der Waals surface area (Å²) >= 11 is 0. The van der Waals surface area contributed by atoms with Crippen LogP contribution >= 0.6 is 0 Å². The van der Waals surface area contributed by atoms with Crippen molar-refractivity contribution in [1.82, 2.24) is 15.0 Å². The molecule has 0 N–H and O–H groups in total. The standard InChI is InChI=1S/C17H27N3O2/c1-12(2)16-15(13(3)18-22-16)17(21)20-10-6-7-14(11-20)19-8-4-5-9-19/h12,14H,4-11H2,1-3H3. The summed E-state index contributed by atoms with van der Waals surface area (Å²) in [5.41, 5.74) is 1.41. The van der Waals surface area contributed by atoms with Gasteiger partial charge in [0.25, 0.3) is 5.91 Å². The molecule has 0 aromatic carbocycles. The van der Waals surface area contributed by atoms with Crippen molar-refractivity contribution in [3.63, 3.8) is 0 Å². The Balaban J connectivity index is 1.75. The fourth-order valence-electron chi connectivity index (χ4n) is 3.74. The lowest BCUT2D eigenvalue weighted by atomic mass is 10.0. The first kappa shape index (κ1) is 15.5. The number of nitrogens with zero attached hydrogens (tertiary/aromatic N) is 3. The third-order valence-electron chi connectivity index (χ3n) is 4.97. The third kappa shape index (κ3) is 2.91. The molecular formula is C17H27N3O2. The van der Waals surface area contributed by atoms with Crippen LogP contribution in [0.25, 0.3) is 0 Å². The van der Waals surface area contributed by atoms with Crippen molar-refractivity contribution in [2.75, 3.05) is 26.2 Å². The summed E-state index contributed by atoms with van der Waals surface area (Å²) in [6.45, 7) is 10.0. The number of hydrogen-bond acceptors (Lipinski definition) is 4. The number of hydrogen-bond donors (Lipinski definition) is 0. The minimum absolute atomic E-state index is 0.103. The summed E-state index contributed by atoms with van der Waals surface area (Å²) in [6.07, 6.45) is 4.90. The third-order valence-corrected chi connectivity index (χ3v) is 4.97. The number of amides is 1. The van der Waals surface area contributed by atoms with Crippen LogP contribution in [0.5, 0.6) is 0 Å². The van der Waals surface area contributed by atoms with E-state index in [1.807, 2.05) is 25.7 Å². The molecule has 3 heterocycles. The highest BCUT2D eigenvalue weighted by atomic mass is 16.5. The molecule has 1 aromatic heterocycles. The van der Waals surface area contributed by atoms with Crippen LogP contribution < -0.4 is 0 Å². The molecule has 5 nitrogen and oxygen atoms in total. The fraction of sp³-hybridized carbons (Fsp3) is 0.765. The Labute approximate surface area is 132 Å². The van der Waals surface area contributed by atoms with Gasteiger partial charge in [0, 0.05) is 25.0 Å². The van der Waals surface area contributed by atoms with Crippen LogP contribution in [0.15, 0.2) is 4.52 Å². The molecule has 0 radical (unpaired) electrons. The number of carbonyl (C=O) groups is 1. The van der Waals surface area contributed by atoms with Gasteiger partial charge in [0.15, 0.2) is 5.76 Å². The van der Waals surface area contributed by atoms with Crippen molar-refractivity contribution >= 4 is 5.91 Å². The van der Waals surface area contributed by atoms with Crippen LogP contribution in [0.1, 0.15) is 67.3 Å². The maximum atomic E-state index is 13.0. The van der Waals surface area contributed by atoms with Gasteiger partial charge in [-0.15, -0.1) is 0 Å². The predicted molar refractivity (Wildman–Crippen MR) is 85.1 cm³/mol. The Kier molecular flexibility index (Phi) is 4.52. The normalized spacial score (nSPS) is 23.5. The average Bonchev–Trinajstić information content (AvgIpc) is 3.16. The number of carbonyl (C=O) groups excluding carboxylic acids is 1. The van der Waals surface area contributed by atoms with Crippen LogP contribution in [0.3, 0.4) is 0 Å². The van der Waals surface area contributed by atoms with Gasteiger partial charge in [-0.2, -0.15) is 0 Å². The first-order valence-corrected chi connectivity index (χ1v) is 8.57. The highest BCUT2D eigenvalue weighted by Gasteiger charge is 2.32. The van der Waals surface area contributed by atoms with E-state index in [1.165, 1.54) is 32.4 Å². The second-order valence-electron chi connectivity index (χ2n) is 6.95. The van der Waals surface area contributed by atoms with Crippen LogP contribution in [0.2, 0.25) is 0 Å². The van der Waals surface area contributed by atoms with Gasteiger partial charge in [-0.05, 0) is 45.7 Å². The summed E-state index contributed by atoms with van der Waals surface area (Å²) in [4.78, 5) is 17.5. The molecule has 1 atom stereocenters. The molecule has 0 saturated carbocycles. The number of aryl methyl sites for hydroxylation is 1. The minimum atomic E-state index is 0.103.